The zero-order valence-electron chi connectivity index (χ0n) is 20.7. The van der Waals surface area contributed by atoms with Gasteiger partial charge in [-0.05, 0) is 64.6 Å². The van der Waals surface area contributed by atoms with Crippen LogP contribution in [0.1, 0.15) is 63.0 Å². The number of fused-ring (bicyclic) bond motifs is 1. The molecule has 2 heterocycles. The third kappa shape index (κ3) is 4.97. The third-order valence-electron chi connectivity index (χ3n) is 7.79. The van der Waals surface area contributed by atoms with Gasteiger partial charge in [0.2, 0.25) is 5.91 Å². The minimum atomic E-state index is -0.285. The maximum atomic E-state index is 12.8. The number of nitriles is 1. The van der Waals surface area contributed by atoms with Gasteiger partial charge in [-0.25, -0.2) is 0 Å². The molecule has 0 radical (unpaired) electrons. The van der Waals surface area contributed by atoms with E-state index in [4.69, 9.17) is 0 Å². The molecule has 2 aliphatic rings. The number of carbonyl (C=O) groups excluding carboxylic acids is 1. The van der Waals surface area contributed by atoms with E-state index < -0.39 is 0 Å². The number of nitrogens with one attached hydrogen (secondary N) is 3. The van der Waals surface area contributed by atoms with Gasteiger partial charge in [-0.3, -0.25) is 10.2 Å². The fourth-order valence-electron chi connectivity index (χ4n) is 5.69. The first-order chi connectivity index (χ1) is 16.4. The molecule has 2 aromatic rings. The standard InChI is InChI=1S/C27H38N6O/c1-18-11-12-24-23(14-18)21(15-28)16-32(24)17-22-10-7-13-33(22)26(29)25(20-8-5-4-6-9-20)31-27(34)19(2)30-3/h11-12,14,16,19-20,22,25,29-30H,4-10,13,17H2,1-3H3,(H,31,34). The molecule has 3 unspecified atom stereocenters. The number of aryl methyl sites for hydroxylation is 1. The molecule has 7 heteroatoms. The summed E-state index contributed by atoms with van der Waals surface area (Å²) in [5, 5.41) is 26.1. The number of benzene rings is 1. The molecule has 0 spiro atoms. The van der Waals surface area contributed by atoms with Crippen LogP contribution in [0.25, 0.3) is 10.9 Å². The third-order valence-corrected chi connectivity index (χ3v) is 7.79. The summed E-state index contributed by atoms with van der Waals surface area (Å²) < 4.78 is 2.18. The smallest absolute Gasteiger partial charge is 0.237 e. The number of likely N-dealkylation sites (N-methyl/N-ethyl adjacent to an activating group) is 1. The summed E-state index contributed by atoms with van der Waals surface area (Å²) in [7, 11) is 1.79. The molecular formula is C27H38N6O. The number of aromatic nitrogens is 1. The van der Waals surface area contributed by atoms with Gasteiger partial charge in [0.1, 0.15) is 11.9 Å². The van der Waals surface area contributed by atoms with Gasteiger partial charge in [0.05, 0.1) is 17.6 Å². The molecule has 7 nitrogen and oxygen atoms in total. The Kier molecular flexibility index (Phi) is 7.57. The van der Waals surface area contributed by atoms with Crippen LogP contribution in [-0.4, -0.2) is 52.9 Å². The average molecular weight is 463 g/mol. The molecule has 1 aliphatic carbocycles. The summed E-state index contributed by atoms with van der Waals surface area (Å²) in [5.41, 5.74) is 2.92. The molecule has 4 rings (SSSR count). The molecule has 1 amide bonds. The summed E-state index contributed by atoms with van der Waals surface area (Å²) in [4.78, 5) is 15.0. The molecule has 1 aromatic heterocycles. The summed E-state index contributed by atoms with van der Waals surface area (Å²) in [6, 6.07) is 8.26. The van der Waals surface area contributed by atoms with Gasteiger partial charge in [-0.1, -0.05) is 30.9 Å². The predicted octanol–water partition coefficient (Wildman–Crippen LogP) is 3.94. The van der Waals surface area contributed by atoms with Gasteiger partial charge in [0, 0.05) is 36.2 Å². The van der Waals surface area contributed by atoms with Crippen molar-refractivity contribution in [1.82, 2.24) is 20.1 Å². The highest BCUT2D eigenvalue weighted by atomic mass is 16.2. The second kappa shape index (κ2) is 10.6. The van der Waals surface area contributed by atoms with Crippen molar-refractivity contribution >= 4 is 22.6 Å². The Morgan fingerprint density at radius 2 is 2.00 bits per heavy atom. The SMILES string of the molecule is CNC(C)C(=O)NC(C(=N)N1CCCC1Cn1cc(C#N)c2cc(C)ccc21)C1CCCCC1. The Labute approximate surface area is 203 Å². The summed E-state index contributed by atoms with van der Waals surface area (Å²) >= 11 is 0. The van der Waals surface area contributed by atoms with Crippen molar-refractivity contribution in [2.24, 2.45) is 5.92 Å². The number of rotatable bonds is 7. The van der Waals surface area contributed by atoms with Crippen molar-refractivity contribution in [3.05, 3.63) is 35.5 Å². The Morgan fingerprint density at radius 1 is 1.24 bits per heavy atom. The van der Waals surface area contributed by atoms with E-state index in [9.17, 15) is 15.5 Å². The summed E-state index contributed by atoms with van der Waals surface area (Å²) in [6.45, 7) is 5.49. The number of amides is 1. The van der Waals surface area contributed by atoms with E-state index in [0.29, 0.717) is 17.3 Å². The van der Waals surface area contributed by atoms with Crippen LogP contribution >= 0.6 is 0 Å². The monoisotopic (exact) mass is 462 g/mol. The van der Waals surface area contributed by atoms with E-state index >= 15 is 0 Å². The van der Waals surface area contributed by atoms with E-state index in [2.05, 4.69) is 44.4 Å². The number of hydrogen-bond acceptors (Lipinski definition) is 4. The second-order valence-corrected chi connectivity index (χ2v) is 10.1. The predicted molar refractivity (Wildman–Crippen MR) is 136 cm³/mol. The Bertz CT molecular complexity index is 1080. The highest BCUT2D eigenvalue weighted by Gasteiger charge is 2.36. The lowest BCUT2D eigenvalue weighted by Gasteiger charge is -2.37. The van der Waals surface area contributed by atoms with E-state index in [1.165, 1.54) is 19.3 Å². The van der Waals surface area contributed by atoms with Crippen molar-refractivity contribution in [3.63, 3.8) is 0 Å². The van der Waals surface area contributed by atoms with Crippen molar-refractivity contribution in [2.75, 3.05) is 13.6 Å². The molecule has 0 bridgehead atoms. The van der Waals surface area contributed by atoms with Gasteiger partial charge in [-0.15, -0.1) is 0 Å². The number of carbonyl (C=O) groups is 1. The molecule has 2 fully saturated rings. The van der Waals surface area contributed by atoms with Crippen molar-refractivity contribution < 1.29 is 4.79 Å². The van der Waals surface area contributed by atoms with E-state index in [1.54, 1.807) is 7.05 Å². The van der Waals surface area contributed by atoms with Gasteiger partial charge >= 0.3 is 0 Å². The van der Waals surface area contributed by atoms with Crippen LogP contribution in [0.4, 0.5) is 0 Å². The van der Waals surface area contributed by atoms with Crippen LogP contribution < -0.4 is 10.6 Å². The quantitative estimate of drug-likeness (QED) is 0.429. The molecule has 3 N–H and O–H groups in total. The highest BCUT2D eigenvalue weighted by Crippen LogP contribution is 2.31. The van der Waals surface area contributed by atoms with Crippen LogP contribution in [0.5, 0.6) is 0 Å². The fourth-order valence-corrected chi connectivity index (χ4v) is 5.69. The van der Waals surface area contributed by atoms with Crippen molar-refractivity contribution in [1.29, 1.82) is 10.7 Å². The number of hydrogen-bond donors (Lipinski definition) is 3. The minimum absolute atomic E-state index is 0.0380. The molecular weight excluding hydrogens is 424 g/mol. The molecule has 1 aromatic carbocycles. The lowest BCUT2D eigenvalue weighted by atomic mass is 9.83. The van der Waals surface area contributed by atoms with Crippen LogP contribution in [0, 0.1) is 29.6 Å². The maximum Gasteiger partial charge on any atom is 0.237 e. The lowest BCUT2D eigenvalue weighted by molar-refractivity contribution is -0.123. The Morgan fingerprint density at radius 3 is 2.71 bits per heavy atom. The average Bonchev–Trinajstić information content (AvgIpc) is 3.46. The van der Waals surface area contributed by atoms with Crippen LogP contribution in [0.15, 0.2) is 24.4 Å². The van der Waals surface area contributed by atoms with Crippen molar-refractivity contribution in [2.45, 2.75) is 83.5 Å². The molecule has 1 saturated heterocycles. The topological polar surface area (TPSA) is 96.9 Å². The van der Waals surface area contributed by atoms with Gasteiger partial charge in [-0.2, -0.15) is 5.26 Å². The first kappa shape index (κ1) is 24.3. The first-order valence-electron chi connectivity index (χ1n) is 12.7. The minimum Gasteiger partial charge on any atom is -0.354 e. The second-order valence-electron chi connectivity index (χ2n) is 10.1. The van der Waals surface area contributed by atoms with Crippen LogP contribution in [0.2, 0.25) is 0 Å². The zero-order valence-corrected chi connectivity index (χ0v) is 20.7. The molecule has 3 atom stereocenters. The zero-order chi connectivity index (χ0) is 24.2. The van der Waals surface area contributed by atoms with Gasteiger partial charge in [0.25, 0.3) is 0 Å². The van der Waals surface area contributed by atoms with E-state index in [-0.39, 0.29) is 24.0 Å². The van der Waals surface area contributed by atoms with Gasteiger partial charge < -0.3 is 20.1 Å². The van der Waals surface area contributed by atoms with Crippen LogP contribution in [-0.2, 0) is 11.3 Å². The van der Waals surface area contributed by atoms with Crippen molar-refractivity contribution in [3.8, 4) is 6.07 Å². The van der Waals surface area contributed by atoms with E-state index in [1.807, 2.05) is 20.0 Å². The fraction of sp³-hybridized carbons (Fsp3) is 0.593. The number of likely N-dealkylation sites (tertiary alicyclic amines) is 1. The summed E-state index contributed by atoms with van der Waals surface area (Å²) in [6.07, 6.45) is 9.70. The van der Waals surface area contributed by atoms with Crippen LogP contribution in [0.3, 0.4) is 0 Å². The highest BCUT2D eigenvalue weighted by molar-refractivity contribution is 5.92. The molecule has 1 aliphatic heterocycles. The first-order valence-corrected chi connectivity index (χ1v) is 12.7. The molecule has 182 valence electrons. The molecule has 34 heavy (non-hydrogen) atoms. The maximum absolute atomic E-state index is 12.8. The number of nitrogens with zero attached hydrogens (tertiary/aromatic N) is 3. The van der Waals surface area contributed by atoms with E-state index in [0.717, 1.165) is 55.2 Å². The Balaban J connectivity index is 1.57. The normalized spacial score (nSPS) is 20.8. The van der Waals surface area contributed by atoms with Gasteiger partial charge in [0.15, 0.2) is 0 Å². The lowest BCUT2D eigenvalue weighted by Crippen LogP contribution is -2.56. The largest absolute Gasteiger partial charge is 0.354 e. The Hall–Kier alpha value is -2.85. The number of amidine groups is 1. The summed E-state index contributed by atoms with van der Waals surface area (Å²) in [5.74, 6) is 0.832. The molecule has 1 saturated carbocycles.